The maximum absolute atomic E-state index is 11.7. The molecular weight excluding hydrogens is 210 g/mol. The van der Waals surface area contributed by atoms with Gasteiger partial charge in [-0.3, -0.25) is 9.59 Å². The van der Waals surface area contributed by atoms with Crippen LogP contribution in [0.15, 0.2) is 0 Å². The molecule has 15 heavy (non-hydrogen) atoms. The van der Waals surface area contributed by atoms with Crippen molar-refractivity contribution in [2.45, 2.75) is 38.1 Å². The lowest BCUT2D eigenvalue weighted by Gasteiger charge is -2.30. The molecule has 0 spiro atoms. The van der Waals surface area contributed by atoms with E-state index < -0.39 is 0 Å². The summed E-state index contributed by atoms with van der Waals surface area (Å²) >= 11 is 1.69. The highest BCUT2D eigenvalue weighted by atomic mass is 32.2. The summed E-state index contributed by atoms with van der Waals surface area (Å²) in [6.45, 7) is 0. The van der Waals surface area contributed by atoms with Crippen LogP contribution in [-0.4, -0.2) is 41.7 Å². The third-order valence-corrected chi connectivity index (χ3v) is 3.59. The molecule has 1 rings (SSSR count). The number of Topliss-reactive ketones (excluding diaryl/α,β-unsaturated/α-hetero) is 1. The van der Waals surface area contributed by atoms with E-state index >= 15 is 0 Å². The Hall–Kier alpha value is -0.510. The summed E-state index contributed by atoms with van der Waals surface area (Å²) in [6.07, 6.45) is 5.60. The number of nitrogens with zero attached hydrogens (tertiary/aromatic N) is 1. The Morgan fingerprint density at radius 2 is 2.07 bits per heavy atom. The molecule has 1 fully saturated rings. The van der Waals surface area contributed by atoms with E-state index in [1.165, 1.54) is 0 Å². The molecule has 4 heteroatoms. The van der Waals surface area contributed by atoms with Crippen LogP contribution in [0.1, 0.15) is 32.1 Å². The van der Waals surface area contributed by atoms with Crippen molar-refractivity contribution in [3.8, 4) is 0 Å². The first-order valence-electron chi connectivity index (χ1n) is 5.41. The van der Waals surface area contributed by atoms with Crippen LogP contribution in [0.4, 0.5) is 0 Å². The van der Waals surface area contributed by atoms with Gasteiger partial charge in [-0.25, -0.2) is 0 Å². The van der Waals surface area contributed by atoms with Crippen molar-refractivity contribution in [1.29, 1.82) is 0 Å². The normalized spacial score (nSPS) is 17.9. The lowest BCUT2D eigenvalue weighted by molar-refractivity contribution is -0.133. The van der Waals surface area contributed by atoms with Crippen molar-refractivity contribution in [3.05, 3.63) is 0 Å². The van der Waals surface area contributed by atoms with Crippen LogP contribution in [0.2, 0.25) is 0 Å². The second-order valence-corrected chi connectivity index (χ2v) is 5.00. The molecule has 3 nitrogen and oxygen atoms in total. The van der Waals surface area contributed by atoms with Gasteiger partial charge < -0.3 is 4.90 Å². The van der Waals surface area contributed by atoms with E-state index in [4.69, 9.17) is 0 Å². The quantitative estimate of drug-likeness (QED) is 0.736. The summed E-state index contributed by atoms with van der Waals surface area (Å²) in [6, 6.07) is 0.289. The first-order valence-corrected chi connectivity index (χ1v) is 6.81. The summed E-state index contributed by atoms with van der Waals surface area (Å²) in [5.74, 6) is 1.44. The van der Waals surface area contributed by atoms with Gasteiger partial charge in [0.2, 0.25) is 5.91 Å². The lowest BCUT2D eigenvalue weighted by atomic mass is 9.93. The highest BCUT2D eigenvalue weighted by Crippen LogP contribution is 2.20. The predicted molar refractivity (Wildman–Crippen MR) is 63.0 cm³/mol. The molecule has 0 radical (unpaired) electrons. The molecule has 1 aliphatic rings. The Morgan fingerprint density at radius 1 is 1.47 bits per heavy atom. The summed E-state index contributed by atoms with van der Waals surface area (Å²) in [4.78, 5) is 24.6. The number of carbonyl (C=O) groups excluding carboxylic acids is 2. The van der Waals surface area contributed by atoms with Crippen LogP contribution >= 0.6 is 11.8 Å². The number of rotatable bonds is 4. The molecule has 0 aliphatic heterocycles. The zero-order chi connectivity index (χ0) is 11.3. The van der Waals surface area contributed by atoms with Crippen LogP contribution in [0.25, 0.3) is 0 Å². The molecule has 0 N–H and O–H groups in total. The van der Waals surface area contributed by atoms with Gasteiger partial charge in [0.25, 0.3) is 0 Å². The molecule has 1 aliphatic carbocycles. The van der Waals surface area contributed by atoms with Crippen LogP contribution in [0.5, 0.6) is 0 Å². The Kier molecular flexibility index (Phi) is 5.15. The second kappa shape index (κ2) is 6.16. The number of ketones is 1. The zero-order valence-electron chi connectivity index (χ0n) is 9.49. The van der Waals surface area contributed by atoms with E-state index in [9.17, 15) is 9.59 Å². The van der Waals surface area contributed by atoms with E-state index in [1.54, 1.807) is 11.8 Å². The third-order valence-electron chi connectivity index (χ3n) is 2.97. The molecule has 1 amide bonds. The Morgan fingerprint density at radius 3 is 2.60 bits per heavy atom. The fourth-order valence-corrected chi connectivity index (χ4v) is 2.26. The Balaban J connectivity index is 2.35. The number of thioether (sulfide) groups is 1. The minimum atomic E-state index is 0.212. The van der Waals surface area contributed by atoms with Crippen LogP contribution in [-0.2, 0) is 9.59 Å². The van der Waals surface area contributed by atoms with Gasteiger partial charge in [0, 0.05) is 38.1 Å². The van der Waals surface area contributed by atoms with E-state index in [2.05, 4.69) is 0 Å². The fraction of sp³-hybridized carbons (Fsp3) is 0.818. The average Bonchev–Trinajstić information content (AvgIpc) is 2.26. The third kappa shape index (κ3) is 3.86. The number of amides is 1. The number of hydrogen-bond acceptors (Lipinski definition) is 3. The summed E-state index contributed by atoms with van der Waals surface area (Å²) in [5, 5.41) is 0. The van der Waals surface area contributed by atoms with Crippen molar-refractivity contribution in [3.63, 3.8) is 0 Å². The molecule has 0 saturated heterocycles. The van der Waals surface area contributed by atoms with Crippen LogP contribution in [0, 0.1) is 0 Å². The van der Waals surface area contributed by atoms with Crippen molar-refractivity contribution in [2.75, 3.05) is 19.1 Å². The fourth-order valence-electron chi connectivity index (χ4n) is 1.88. The van der Waals surface area contributed by atoms with Gasteiger partial charge in [-0.15, -0.1) is 0 Å². The van der Waals surface area contributed by atoms with Crippen molar-refractivity contribution < 1.29 is 9.59 Å². The highest BCUT2D eigenvalue weighted by molar-refractivity contribution is 7.98. The molecule has 0 aromatic heterocycles. The highest BCUT2D eigenvalue weighted by Gasteiger charge is 2.24. The smallest absolute Gasteiger partial charge is 0.223 e. The average molecular weight is 229 g/mol. The van der Waals surface area contributed by atoms with Crippen molar-refractivity contribution in [2.24, 2.45) is 0 Å². The van der Waals surface area contributed by atoms with E-state index in [-0.39, 0.29) is 11.9 Å². The first kappa shape index (κ1) is 12.6. The van der Waals surface area contributed by atoms with Gasteiger partial charge in [-0.1, -0.05) is 0 Å². The molecule has 86 valence electrons. The Labute approximate surface area is 95.6 Å². The molecule has 0 bridgehead atoms. The SMILES string of the molecule is CSCCC(=O)N(C)C1CCC(=O)CC1. The zero-order valence-corrected chi connectivity index (χ0v) is 10.3. The van der Waals surface area contributed by atoms with Crippen LogP contribution < -0.4 is 0 Å². The van der Waals surface area contributed by atoms with Gasteiger partial charge in [-0.05, 0) is 19.1 Å². The Bertz CT molecular complexity index is 233. The number of carbonyl (C=O) groups is 2. The molecule has 0 aromatic rings. The largest absolute Gasteiger partial charge is 0.343 e. The second-order valence-electron chi connectivity index (χ2n) is 4.02. The van der Waals surface area contributed by atoms with Crippen LogP contribution in [0.3, 0.4) is 0 Å². The monoisotopic (exact) mass is 229 g/mol. The van der Waals surface area contributed by atoms with Crippen molar-refractivity contribution in [1.82, 2.24) is 4.90 Å². The number of hydrogen-bond donors (Lipinski definition) is 0. The molecule has 0 unspecified atom stereocenters. The molecular formula is C11H19NO2S. The summed E-state index contributed by atoms with van der Waals surface area (Å²) in [5.41, 5.74) is 0. The van der Waals surface area contributed by atoms with Crippen molar-refractivity contribution >= 4 is 23.5 Å². The molecule has 1 saturated carbocycles. The maximum atomic E-state index is 11.7. The summed E-state index contributed by atoms with van der Waals surface area (Å²) in [7, 11) is 1.86. The molecule has 0 aromatic carbocycles. The van der Waals surface area contributed by atoms with E-state index in [1.807, 2.05) is 18.2 Å². The summed E-state index contributed by atoms with van der Waals surface area (Å²) < 4.78 is 0. The maximum Gasteiger partial charge on any atom is 0.223 e. The van der Waals surface area contributed by atoms with Gasteiger partial charge in [0.05, 0.1) is 0 Å². The minimum Gasteiger partial charge on any atom is -0.343 e. The first-order chi connectivity index (χ1) is 7.15. The van der Waals surface area contributed by atoms with Gasteiger partial charge in [-0.2, -0.15) is 11.8 Å². The topological polar surface area (TPSA) is 37.4 Å². The lowest BCUT2D eigenvalue weighted by Crippen LogP contribution is -2.39. The van der Waals surface area contributed by atoms with Gasteiger partial charge in [0.15, 0.2) is 0 Å². The molecule has 0 atom stereocenters. The standard InChI is InChI=1S/C11H19NO2S/c1-12(11(14)7-8-15-2)9-3-5-10(13)6-4-9/h9H,3-8H2,1-2H3. The van der Waals surface area contributed by atoms with E-state index in [0.717, 1.165) is 18.6 Å². The predicted octanol–water partition coefficient (Wildman–Crippen LogP) is 1.71. The molecule has 0 heterocycles. The van der Waals surface area contributed by atoms with Gasteiger partial charge in [0.1, 0.15) is 5.78 Å². The minimum absolute atomic E-state index is 0.212. The van der Waals surface area contributed by atoms with Gasteiger partial charge >= 0.3 is 0 Å². The van der Waals surface area contributed by atoms with E-state index in [0.29, 0.717) is 25.0 Å².